The maximum atomic E-state index is 12.7. The molecular formula is C21H14N4O3S2. The molecule has 0 aliphatic carbocycles. The normalized spacial score (nSPS) is 10.5. The number of rotatable bonds is 4. The van der Waals surface area contributed by atoms with Crippen molar-refractivity contribution in [1.29, 1.82) is 0 Å². The summed E-state index contributed by atoms with van der Waals surface area (Å²) in [5.74, 6) is -0.320. The predicted molar refractivity (Wildman–Crippen MR) is 122 cm³/mol. The largest absolute Gasteiger partial charge is 0.308 e. The number of carbonyl (C=O) groups excluding carboxylic acids is 1. The van der Waals surface area contributed by atoms with Gasteiger partial charge in [0, 0.05) is 28.6 Å². The van der Waals surface area contributed by atoms with Crippen LogP contribution in [0.3, 0.4) is 0 Å². The maximum absolute atomic E-state index is 12.7. The summed E-state index contributed by atoms with van der Waals surface area (Å²) in [5.41, 5.74) is 1.72. The minimum Gasteiger partial charge on any atom is -0.308 e. The summed E-state index contributed by atoms with van der Waals surface area (Å²) < 4.78 is 0. The molecule has 0 bridgehead atoms. The number of hydrogen-bond donors (Lipinski definition) is 2. The monoisotopic (exact) mass is 434 g/mol. The highest BCUT2D eigenvalue weighted by molar-refractivity contribution is 7.80. The summed E-state index contributed by atoms with van der Waals surface area (Å²) in [6, 6.07) is 19.3. The van der Waals surface area contributed by atoms with E-state index in [1.54, 1.807) is 23.6 Å². The molecule has 0 unspecified atom stereocenters. The second-order valence-corrected chi connectivity index (χ2v) is 7.55. The lowest BCUT2D eigenvalue weighted by Crippen LogP contribution is -2.34. The van der Waals surface area contributed by atoms with Crippen LogP contribution in [0.2, 0.25) is 0 Å². The maximum Gasteiger partial charge on any atom is 0.270 e. The molecule has 3 aromatic carbocycles. The minimum absolute atomic E-state index is 0.00659. The Bertz CT molecular complexity index is 1280. The van der Waals surface area contributed by atoms with E-state index in [1.807, 2.05) is 36.4 Å². The van der Waals surface area contributed by atoms with Crippen LogP contribution in [-0.2, 0) is 0 Å². The summed E-state index contributed by atoms with van der Waals surface area (Å²) in [6.07, 6.45) is 0. The van der Waals surface area contributed by atoms with Gasteiger partial charge in [-0.15, -0.1) is 11.3 Å². The van der Waals surface area contributed by atoms with Crippen molar-refractivity contribution >= 4 is 56.2 Å². The number of aromatic nitrogens is 1. The number of thiazole rings is 1. The lowest BCUT2D eigenvalue weighted by Gasteiger charge is -2.09. The van der Waals surface area contributed by atoms with Crippen molar-refractivity contribution in [3.8, 4) is 11.3 Å². The van der Waals surface area contributed by atoms with Gasteiger partial charge >= 0.3 is 0 Å². The van der Waals surface area contributed by atoms with E-state index in [2.05, 4.69) is 15.6 Å². The van der Waals surface area contributed by atoms with Crippen LogP contribution >= 0.6 is 23.6 Å². The van der Waals surface area contributed by atoms with Gasteiger partial charge in [-0.3, -0.25) is 20.2 Å². The number of nitrogens with one attached hydrogen (secondary N) is 2. The number of amides is 1. The highest BCUT2D eigenvalue weighted by Crippen LogP contribution is 2.27. The second-order valence-electron chi connectivity index (χ2n) is 6.28. The Morgan fingerprint density at radius 2 is 1.83 bits per heavy atom. The lowest BCUT2D eigenvalue weighted by molar-refractivity contribution is -0.384. The molecular weight excluding hydrogens is 420 g/mol. The molecule has 30 heavy (non-hydrogen) atoms. The first-order chi connectivity index (χ1) is 14.5. The van der Waals surface area contributed by atoms with Gasteiger partial charge in [-0.2, -0.15) is 0 Å². The van der Waals surface area contributed by atoms with Crippen molar-refractivity contribution in [2.75, 3.05) is 5.32 Å². The van der Waals surface area contributed by atoms with Crippen LogP contribution < -0.4 is 10.6 Å². The van der Waals surface area contributed by atoms with E-state index in [-0.39, 0.29) is 16.7 Å². The zero-order chi connectivity index (χ0) is 21.1. The van der Waals surface area contributed by atoms with Crippen LogP contribution in [0.25, 0.3) is 22.0 Å². The van der Waals surface area contributed by atoms with Crippen molar-refractivity contribution in [1.82, 2.24) is 10.3 Å². The Morgan fingerprint density at radius 1 is 1.07 bits per heavy atom. The van der Waals surface area contributed by atoms with Crippen molar-refractivity contribution in [3.05, 3.63) is 87.8 Å². The van der Waals surface area contributed by atoms with Crippen LogP contribution in [-0.4, -0.2) is 20.9 Å². The molecule has 0 aliphatic heterocycles. The number of hydrogen-bond acceptors (Lipinski definition) is 6. The van der Waals surface area contributed by atoms with E-state index < -0.39 is 4.92 Å². The first-order valence-corrected chi connectivity index (χ1v) is 10.1. The number of nitro groups is 1. The molecule has 2 N–H and O–H groups in total. The Labute approximate surface area is 180 Å². The molecule has 7 nitrogen and oxygen atoms in total. The van der Waals surface area contributed by atoms with Crippen molar-refractivity contribution < 1.29 is 9.72 Å². The fourth-order valence-corrected chi connectivity index (χ4v) is 3.94. The Kier molecular flexibility index (Phi) is 5.46. The average molecular weight is 435 g/mol. The van der Waals surface area contributed by atoms with Gasteiger partial charge in [-0.25, -0.2) is 4.98 Å². The van der Waals surface area contributed by atoms with Crippen LogP contribution in [0.1, 0.15) is 10.4 Å². The quantitative estimate of drug-likeness (QED) is 0.267. The fraction of sp³-hybridized carbons (Fsp3) is 0. The molecule has 4 rings (SSSR count). The topological polar surface area (TPSA) is 97.2 Å². The summed E-state index contributed by atoms with van der Waals surface area (Å²) in [7, 11) is 0. The molecule has 1 heterocycles. The van der Waals surface area contributed by atoms with Crippen LogP contribution in [0.5, 0.6) is 0 Å². The van der Waals surface area contributed by atoms with E-state index in [0.29, 0.717) is 22.0 Å². The number of benzene rings is 3. The SMILES string of the molecule is O=C(NC(=S)Nc1nc(-c2cccc([N+](=O)[O-])c2)cs1)c1cccc2ccccc12. The van der Waals surface area contributed by atoms with Gasteiger partial charge in [0.15, 0.2) is 10.2 Å². The number of non-ortho nitro benzene ring substituents is 1. The molecule has 1 amide bonds. The number of nitro benzene ring substituents is 1. The van der Waals surface area contributed by atoms with Gasteiger partial charge in [0.2, 0.25) is 0 Å². The Morgan fingerprint density at radius 3 is 2.67 bits per heavy atom. The molecule has 0 saturated carbocycles. The number of nitrogens with zero attached hydrogens (tertiary/aromatic N) is 2. The molecule has 0 saturated heterocycles. The molecule has 148 valence electrons. The lowest BCUT2D eigenvalue weighted by atomic mass is 10.0. The predicted octanol–water partition coefficient (Wildman–Crippen LogP) is 5.00. The van der Waals surface area contributed by atoms with Gasteiger partial charge in [-0.1, -0.05) is 48.5 Å². The van der Waals surface area contributed by atoms with E-state index in [4.69, 9.17) is 12.2 Å². The van der Waals surface area contributed by atoms with Crippen molar-refractivity contribution in [2.24, 2.45) is 0 Å². The van der Waals surface area contributed by atoms with E-state index in [0.717, 1.165) is 10.8 Å². The van der Waals surface area contributed by atoms with Gasteiger partial charge in [-0.05, 0) is 29.1 Å². The third-order valence-corrected chi connectivity index (χ3v) is 5.30. The minimum atomic E-state index is -0.451. The molecule has 0 radical (unpaired) electrons. The summed E-state index contributed by atoms with van der Waals surface area (Å²) >= 11 is 6.53. The average Bonchev–Trinajstić information content (AvgIpc) is 3.21. The highest BCUT2D eigenvalue weighted by atomic mass is 32.1. The van der Waals surface area contributed by atoms with Gasteiger partial charge in [0.1, 0.15) is 0 Å². The zero-order valence-corrected chi connectivity index (χ0v) is 17.0. The number of thiocarbonyl (C=S) groups is 1. The smallest absolute Gasteiger partial charge is 0.270 e. The Balaban J connectivity index is 1.47. The Hall–Kier alpha value is -3.69. The van der Waals surface area contributed by atoms with E-state index in [1.165, 1.54) is 23.5 Å². The summed E-state index contributed by atoms with van der Waals surface area (Å²) in [4.78, 5) is 27.6. The first-order valence-electron chi connectivity index (χ1n) is 8.82. The van der Waals surface area contributed by atoms with Gasteiger partial charge in [0.05, 0.1) is 10.6 Å². The van der Waals surface area contributed by atoms with Crippen LogP contribution in [0, 0.1) is 10.1 Å². The molecule has 4 aromatic rings. The molecule has 0 fully saturated rings. The standard InChI is InChI=1S/C21H14N4O3S2/c26-19(17-10-4-6-13-5-1-2-9-16(13)17)23-20(29)24-21-22-18(12-30-21)14-7-3-8-15(11-14)25(27)28/h1-12H,(H2,22,23,24,26,29). The number of carbonyl (C=O) groups is 1. The number of anilines is 1. The fourth-order valence-electron chi connectivity index (χ4n) is 2.96. The van der Waals surface area contributed by atoms with Crippen LogP contribution in [0.4, 0.5) is 10.8 Å². The van der Waals surface area contributed by atoms with Crippen molar-refractivity contribution in [2.45, 2.75) is 0 Å². The van der Waals surface area contributed by atoms with Crippen LogP contribution in [0.15, 0.2) is 72.1 Å². The molecule has 9 heteroatoms. The molecule has 0 aliphatic rings. The van der Waals surface area contributed by atoms with Gasteiger partial charge < -0.3 is 5.32 Å². The molecule has 1 aromatic heterocycles. The van der Waals surface area contributed by atoms with Crippen molar-refractivity contribution in [3.63, 3.8) is 0 Å². The van der Waals surface area contributed by atoms with Gasteiger partial charge in [0.25, 0.3) is 11.6 Å². The second kappa shape index (κ2) is 8.36. The third-order valence-electron chi connectivity index (χ3n) is 4.34. The highest BCUT2D eigenvalue weighted by Gasteiger charge is 2.13. The third kappa shape index (κ3) is 4.17. The summed E-state index contributed by atoms with van der Waals surface area (Å²) in [6.45, 7) is 0. The zero-order valence-electron chi connectivity index (χ0n) is 15.4. The molecule has 0 spiro atoms. The first kappa shape index (κ1) is 19.6. The van der Waals surface area contributed by atoms with E-state index in [9.17, 15) is 14.9 Å². The van der Waals surface area contributed by atoms with E-state index >= 15 is 0 Å². The summed E-state index contributed by atoms with van der Waals surface area (Å²) in [5, 5.41) is 20.7. The molecule has 0 atom stereocenters. The number of fused-ring (bicyclic) bond motifs is 1.